The highest BCUT2D eigenvalue weighted by Crippen LogP contribution is 2.32. The molecular weight excluding hydrogens is 250 g/mol. The van der Waals surface area contributed by atoms with Crippen LogP contribution in [0.1, 0.15) is 19.3 Å². The Bertz CT molecular complexity index is 451. The van der Waals surface area contributed by atoms with E-state index < -0.39 is 0 Å². The van der Waals surface area contributed by atoms with Crippen molar-refractivity contribution < 1.29 is 4.74 Å². The molecular formula is C16H23N3O. The van der Waals surface area contributed by atoms with Crippen LogP contribution >= 0.6 is 0 Å². The summed E-state index contributed by atoms with van der Waals surface area (Å²) in [5.74, 6) is 0. The lowest BCUT2D eigenvalue weighted by Crippen LogP contribution is -2.61. The maximum Gasteiger partial charge on any atom is 0.0731 e. The number of hydrogen-bond donors (Lipinski definition) is 1. The predicted octanol–water partition coefficient (Wildman–Crippen LogP) is 1.71. The zero-order valence-electron chi connectivity index (χ0n) is 11.9. The molecule has 4 aliphatic rings. The number of nitrogens with two attached hydrogens (primary N) is 1. The van der Waals surface area contributed by atoms with Gasteiger partial charge in [0.1, 0.15) is 0 Å². The normalized spacial score (nSPS) is 31.1. The van der Waals surface area contributed by atoms with E-state index in [1.165, 1.54) is 24.9 Å². The Hall–Kier alpha value is -1.26. The van der Waals surface area contributed by atoms with E-state index in [1.807, 2.05) is 12.1 Å². The van der Waals surface area contributed by atoms with Gasteiger partial charge in [-0.2, -0.15) is 0 Å². The molecule has 4 nitrogen and oxygen atoms in total. The van der Waals surface area contributed by atoms with Crippen LogP contribution in [0.25, 0.3) is 0 Å². The van der Waals surface area contributed by atoms with Crippen molar-refractivity contribution in [1.29, 1.82) is 0 Å². The molecule has 4 aliphatic heterocycles. The monoisotopic (exact) mass is 273 g/mol. The second kappa shape index (κ2) is 4.93. The summed E-state index contributed by atoms with van der Waals surface area (Å²) < 4.78 is 5.73. The Morgan fingerprint density at radius 1 is 1.00 bits per heavy atom. The topological polar surface area (TPSA) is 41.7 Å². The van der Waals surface area contributed by atoms with Gasteiger partial charge in [-0.05, 0) is 37.1 Å². The molecule has 4 fully saturated rings. The third-order valence-electron chi connectivity index (χ3n) is 5.03. The average molecular weight is 273 g/mol. The number of fused-ring (bicyclic) bond motifs is 2. The molecule has 5 rings (SSSR count). The zero-order chi connectivity index (χ0) is 13.5. The van der Waals surface area contributed by atoms with Crippen LogP contribution in [0.2, 0.25) is 0 Å². The van der Waals surface area contributed by atoms with E-state index in [4.69, 9.17) is 10.5 Å². The molecule has 0 amide bonds. The fraction of sp³-hybridized carbons (Fsp3) is 0.625. The fourth-order valence-corrected chi connectivity index (χ4v) is 3.86. The SMILES string of the molecule is Nc1ccc(N2CCC(N3CC4CC(C3)O4)CC2)cc1. The van der Waals surface area contributed by atoms with E-state index in [9.17, 15) is 0 Å². The van der Waals surface area contributed by atoms with Crippen LogP contribution < -0.4 is 10.6 Å². The molecule has 0 aliphatic carbocycles. The Balaban J connectivity index is 1.34. The summed E-state index contributed by atoms with van der Waals surface area (Å²) in [7, 11) is 0. The number of anilines is 2. The molecule has 0 aromatic heterocycles. The first-order chi connectivity index (χ1) is 9.78. The lowest BCUT2D eigenvalue weighted by molar-refractivity contribution is -0.189. The van der Waals surface area contributed by atoms with Crippen molar-refractivity contribution in [2.45, 2.75) is 37.5 Å². The quantitative estimate of drug-likeness (QED) is 0.833. The van der Waals surface area contributed by atoms with Crippen molar-refractivity contribution in [3.05, 3.63) is 24.3 Å². The molecule has 0 spiro atoms. The molecule has 4 heterocycles. The molecule has 2 atom stereocenters. The van der Waals surface area contributed by atoms with Gasteiger partial charge >= 0.3 is 0 Å². The van der Waals surface area contributed by atoms with Crippen molar-refractivity contribution in [2.24, 2.45) is 0 Å². The van der Waals surface area contributed by atoms with Gasteiger partial charge in [0.15, 0.2) is 0 Å². The van der Waals surface area contributed by atoms with Gasteiger partial charge < -0.3 is 15.4 Å². The highest BCUT2D eigenvalue weighted by molar-refractivity contribution is 5.53. The number of nitrogen functional groups attached to an aromatic ring is 1. The summed E-state index contributed by atoms with van der Waals surface area (Å²) in [5.41, 5.74) is 7.91. The summed E-state index contributed by atoms with van der Waals surface area (Å²) in [5, 5.41) is 0. The zero-order valence-corrected chi connectivity index (χ0v) is 11.9. The smallest absolute Gasteiger partial charge is 0.0731 e. The van der Waals surface area contributed by atoms with Gasteiger partial charge in [0.2, 0.25) is 0 Å². The van der Waals surface area contributed by atoms with E-state index in [2.05, 4.69) is 21.9 Å². The highest BCUT2D eigenvalue weighted by atomic mass is 16.5. The van der Waals surface area contributed by atoms with Gasteiger partial charge in [-0.1, -0.05) is 0 Å². The lowest BCUT2D eigenvalue weighted by Gasteiger charge is -2.51. The summed E-state index contributed by atoms with van der Waals surface area (Å²) in [6, 6.07) is 9.03. The van der Waals surface area contributed by atoms with Crippen LogP contribution in [0, 0.1) is 0 Å². The Kier molecular flexibility index (Phi) is 3.08. The summed E-state index contributed by atoms with van der Waals surface area (Å²) in [4.78, 5) is 5.15. The molecule has 0 radical (unpaired) electrons. The van der Waals surface area contributed by atoms with E-state index in [-0.39, 0.29) is 0 Å². The van der Waals surface area contributed by atoms with Crippen LogP contribution in [0.4, 0.5) is 11.4 Å². The van der Waals surface area contributed by atoms with Gasteiger partial charge in [0.05, 0.1) is 12.2 Å². The second-order valence-electron chi connectivity index (χ2n) is 6.38. The van der Waals surface area contributed by atoms with Crippen LogP contribution in [0.5, 0.6) is 0 Å². The number of morpholine rings is 1. The highest BCUT2D eigenvalue weighted by Gasteiger charge is 2.41. The minimum atomic E-state index is 0.531. The number of piperidine rings is 2. The predicted molar refractivity (Wildman–Crippen MR) is 80.9 cm³/mol. The van der Waals surface area contributed by atoms with Crippen LogP contribution in [-0.2, 0) is 4.74 Å². The Labute approximate surface area is 120 Å². The van der Waals surface area contributed by atoms with E-state index >= 15 is 0 Å². The summed E-state index contributed by atoms with van der Waals surface area (Å²) in [6.45, 7) is 4.62. The molecule has 2 unspecified atom stereocenters. The molecule has 1 aromatic carbocycles. The first-order valence-corrected chi connectivity index (χ1v) is 7.78. The van der Waals surface area contributed by atoms with Gasteiger partial charge in [-0.15, -0.1) is 0 Å². The van der Waals surface area contributed by atoms with Crippen molar-refractivity contribution in [2.75, 3.05) is 36.8 Å². The minimum absolute atomic E-state index is 0.531. The van der Waals surface area contributed by atoms with Crippen LogP contribution in [0.3, 0.4) is 0 Å². The molecule has 4 saturated heterocycles. The van der Waals surface area contributed by atoms with Gasteiger partial charge in [-0.3, -0.25) is 4.90 Å². The Morgan fingerprint density at radius 3 is 2.20 bits per heavy atom. The largest absolute Gasteiger partial charge is 0.399 e. The van der Waals surface area contributed by atoms with E-state index in [0.29, 0.717) is 12.2 Å². The van der Waals surface area contributed by atoms with Crippen LogP contribution in [-0.4, -0.2) is 49.3 Å². The van der Waals surface area contributed by atoms with Gasteiger partial charge in [0, 0.05) is 50.0 Å². The van der Waals surface area contributed by atoms with Crippen LogP contribution in [0.15, 0.2) is 24.3 Å². The number of nitrogens with zero attached hydrogens (tertiary/aromatic N) is 2. The van der Waals surface area contributed by atoms with Gasteiger partial charge in [-0.25, -0.2) is 0 Å². The van der Waals surface area contributed by atoms with E-state index in [0.717, 1.165) is 37.9 Å². The van der Waals surface area contributed by atoms with Crippen molar-refractivity contribution in [3.8, 4) is 0 Å². The van der Waals surface area contributed by atoms with Crippen molar-refractivity contribution in [3.63, 3.8) is 0 Å². The first-order valence-electron chi connectivity index (χ1n) is 7.78. The lowest BCUT2D eigenvalue weighted by atomic mass is 9.94. The maximum atomic E-state index is 5.76. The second-order valence-corrected chi connectivity index (χ2v) is 6.38. The summed E-state index contributed by atoms with van der Waals surface area (Å²) in [6.07, 6.45) is 4.89. The fourth-order valence-electron chi connectivity index (χ4n) is 3.86. The molecule has 0 saturated carbocycles. The minimum Gasteiger partial charge on any atom is -0.399 e. The van der Waals surface area contributed by atoms with E-state index in [1.54, 1.807) is 0 Å². The number of hydrogen-bond acceptors (Lipinski definition) is 4. The number of ether oxygens (including phenoxy) is 1. The molecule has 2 bridgehead atoms. The molecule has 1 aromatic rings. The van der Waals surface area contributed by atoms with Crippen molar-refractivity contribution >= 4 is 11.4 Å². The number of benzene rings is 1. The third-order valence-corrected chi connectivity index (χ3v) is 5.03. The summed E-state index contributed by atoms with van der Waals surface area (Å²) >= 11 is 0. The molecule has 108 valence electrons. The molecule has 4 heteroatoms. The number of rotatable bonds is 2. The first kappa shape index (κ1) is 12.5. The maximum absolute atomic E-state index is 5.76. The van der Waals surface area contributed by atoms with Gasteiger partial charge in [0.25, 0.3) is 0 Å². The molecule has 20 heavy (non-hydrogen) atoms. The average Bonchev–Trinajstić information content (AvgIpc) is 2.48. The third kappa shape index (κ3) is 2.27. The Morgan fingerprint density at radius 2 is 1.60 bits per heavy atom. The standard InChI is InChI=1S/C16H23N3O/c17-12-1-3-13(4-2-12)18-7-5-14(6-8-18)19-10-15-9-16(11-19)20-15/h1-4,14-16H,5-11,17H2. The molecule has 2 N–H and O–H groups in total. The van der Waals surface area contributed by atoms with Crippen molar-refractivity contribution in [1.82, 2.24) is 4.90 Å².